The van der Waals surface area contributed by atoms with Crippen LogP contribution in [0.1, 0.15) is 43.0 Å². The summed E-state index contributed by atoms with van der Waals surface area (Å²) >= 11 is 0. The lowest BCUT2D eigenvalue weighted by Gasteiger charge is -2.21. The van der Waals surface area contributed by atoms with Gasteiger partial charge in [-0.1, -0.05) is 0 Å². The molecule has 0 atom stereocenters. The lowest BCUT2D eigenvalue weighted by atomic mass is 10.1. The van der Waals surface area contributed by atoms with Crippen LogP contribution in [0.25, 0.3) is 0 Å². The highest BCUT2D eigenvalue weighted by Crippen LogP contribution is 2.29. The SMILES string of the molecule is CCN1C(=O)CN(CCC(=O)O)C(=O)c2cc(OCCCCC(=N)N)ccc21. The number of ether oxygens (including phenoxy) is 1. The Labute approximate surface area is 163 Å². The van der Waals surface area contributed by atoms with Gasteiger partial charge in [-0.25, -0.2) is 0 Å². The Morgan fingerprint density at radius 3 is 2.68 bits per heavy atom. The quantitative estimate of drug-likeness (QED) is 0.314. The zero-order chi connectivity index (χ0) is 20.7. The second-order valence-electron chi connectivity index (χ2n) is 6.52. The number of carbonyl (C=O) groups excluding carboxylic acids is 2. The summed E-state index contributed by atoms with van der Waals surface area (Å²) in [6.45, 7) is 2.44. The summed E-state index contributed by atoms with van der Waals surface area (Å²) in [5, 5.41) is 16.1. The van der Waals surface area contributed by atoms with Crippen LogP contribution in [0.5, 0.6) is 5.75 Å². The van der Waals surface area contributed by atoms with E-state index < -0.39 is 5.97 Å². The number of hydrogen-bond donors (Lipinski definition) is 3. The molecule has 28 heavy (non-hydrogen) atoms. The first-order valence-electron chi connectivity index (χ1n) is 9.24. The van der Waals surface area contributed by atoms with Gasteiger partial charge in [-0.2, -0.15) is 0 Å². The van der Waals surface area contributed by atoms with Crippen molar-refractivity contribution in [1.29, 1.82) is 5.41 Å². The topological polar surface area (TPSA) is 137 Å². The molecule has 0 saturated heterocycles. The minimum atomic E-state index is -1.03. The molecule has 1 heterocycles. The fourth-order valence-electron chi connectivity index (χ4n) is 3.00. The number of anilines is 1. The number of nitrogens with two attached hydrogens (primary N) is 1. The Kier molecular flexibility index (Phi) is 7.36. The van der Waals surface area contributed by atoms with Crippen molar-refractivity contribution in [2.75, 3.05) is 31.1 Å². The number of carbonyl (C=O) groups is 3. The van der Waals surface area contributed by atoms with Crippen molar-refractivity contribution in [3.8, 4) is 5.75 Å². The van der Waals surface area contributed by atoms with Crippen LogP contribution in [0.4, 0.5) is 5.69 Å². The van der Waals surface area contributed by atoms with E-state index in [-0.39, 0.29) is 37.2 Å². The number of amidine groups is 1. The smallest absolute Gasteiger partial charge is 0.305 e. The molecule has 9 nitrogen and oxygen atoms in total. The molecule has 0 fully saturated rings. The highest BCUT2D eigenvalue weighted by atomic mass is 16.5. The number of carboxylic acids is 1. The molecule has 0 saturated carbocycles. The van der Waals surface area contributed by atoms with Gasteiger partial charge in [-0.3, -0.25) is 19.8 Å². The third-order valence-corrected chi connectivity index (χ3v) is 4.42. The number of carboxylic acid groups (broad SMARTS) is 1. The standard InChI is InChI=1S/C19H26N4O5/c1-2-23-15-7-6-13(28-10-4-3-5-16(20)21)11-14(15)19(27)22(12-17(23)24)9-8-18(25)26/h6-7,11H,2-5,8-10,12H2,1H3,(H3,20,21)(H,25,26). The van der Waals surface area contributed by atoms with Crippen molar-refractivity contribution in [2.24, 2.45) is 5.73 Å². The number of likely N-dealkylation sites (N-methyl/N-ethyl adjacent to an activating group) is 1. The van der Waals surface area contributed by atoms with E-state index in [1.54, 1.807) is 18.2 Å². The van der Waals surface area contributed by atoms with Gasteiger partial charge in [0.2, 0.25) is 5.91 Å². The number of fused-ring (bicyclic) bond motifs is 1. The molecule has 0 unspecified atom stereocenters. The van der Waals surface area contributed by atoms with Crippen LogP contribution in [0.3, 0.4) is 0 Å². The Morgan fingerprint density at radius 1 is 1.29 bits per heavy atom. The maximum absolute atomic E-state index is 12.9. The first-order chi connectivity index (χ1) is 13.3. The van der Waals surface area contributed by atoms with Crippen molar-refractivity contribution in [3.63, 3.8) is 0 Å². The molecule has 1 aromatic carbocycles. The molecule has 4 N–H and O–H groups in total. The molecule has 152 valence electrons. The third kappa shape index (κ3) is 5.45. The third-order valence-electron chi connectivity index (χ3n) is 4.42. The Hall–Kier alpha value is -3.10. The fourth-order valence-corrected chi connectivity index (χ4v) is 3.00. The molecule has 0 bridgehead atoms. The van der Waals surface area contributed by atoms with Gasteiger partial charge in [-0.15, -0.1) is 0 Å². The van der Waals surface area contributed by atoms with E-state index in [0.29, 0.717) is 36.6 Å². The van der Waals surface area contributed by atoms with Gasteiger partial charge in [-0.05, 0) is 38.0 Å². The van der Waals surface area contributed by atoms with E-state index in [2.05, 4.69) is 0 Å². The number of hydrogen-bond acceptors (Lipinski definition) is 5. The molecule has 0 aliphatic carbocycles. The van der Waals surface area contributed by atoms with Crippen LogP contribution in [0.2, 0.25) is 0 Å². The summed E-state index contributed by atoms with van der Waals surface area (Å²) in [7, 11) is 0. The Balaban J connectivity index is 2.18. The minimum Gasteiger partial charge on any atom is -0.494 e. The zero-order valence-electron chi connectivity index (χ0n) is 15.9. The lowest BCUT2D eigenvalue weighted by molar-refractivity contribution is -0.137. The largest absolute Gasteiger partial charge is 0.494 e. The molecule has 2 amide bonds. The van der Waals surface area contributed by atoms with Crippen molar-refractivity contribution < 1.29 is 24.2 Å². The normalized spacial score (nSPS) is 13.9. The average Bonchev–Trinajstić information content (AvgIpc) is 2.74. The van der Waals surface area contributed by atoms with Crippen LogP contribution >= 0.6 is 0 Å². The van der Waals surface area contributed by atoms with E-state index in [1.807, 2.05) is 6.92 Å². The second kappa shape index (κ2) is 9.72. The first kappa shape index (κ1) is 21.2. The molecule has 1 aliphatic rings. The number of aliphatic carboxylic acids is 1. The van der Waals surface area contributed by atoms with Crippen molar-refractivity contribution in [2.45, 2.75) is 32.6 Å². The molecule has 0 radical (unpaired) electrons. The van der Waals surface area contributed by atoms with Crippen LogP contribution in [0.15, 0.2) is 18.2 Å². The summed E-state index contributed by atoms with van der Waals surface area (Å²) in [6.07, 6.45) is 1.74. The van der Waals surface area contributed by atoms with Crippen LogP contribution in [-0.4, -0.2) is 59.9 Å². The fraction of sp³-hybridized carbons (Fsp3) is 0.474. The summed E-state index contributed by atoms with van der Waals surface area (Å²) in [5.74, 6) is -1.03. The highest BCUT2D eigenvalue weighted by molar-refractivity contribution is 6.09. The van der Waals surface area contributed by atoms with E-state index in [4.69, 9.17) is 21.0 Å². The summed E-state index contributed by atoms with van der Waals surface area (Å²) in [5.41, 5.74) is 6.14. The van der Waals surface area contributed by atoms with Crippen molar-refractivity contribution in [1.82, 2.24) is 4.90 Å². The maximum atomic E-state index is 12.9. The maximum Gasteiger partial charge on any atom is 0.305 e. The van der Waals surface area contributed by atoms with Gasteiger partial charge in [0.25, 0.3) is 5.91 Å². The van der Waals surface area contributed by atoms with Gasteiger partial charge in [0.15, 0.2) is 0 Å². The van der Waals surface area contributed by atoms with Crippen LogP contribution in [-0.2, 0) is 9.59 Å². The summed E-state index contributed by atoms with van der Waals surface area (Å²) in [4.78, 5) is 39.1. The number of benzene rings is 1. The molecule has 1 aromatic rings. The number of unbranched alkanes of at least 4 members (excludes halogenated alkanes) is 1. The lowest BCUT2D eigenvalue weighted by Crippen LogP contribution is -2.40. The van der Waals surface area contributed by atoms with Gasteiger partial charge < -0.3 is 25.4 Å². The van der Waals surface area contributed by atoms with E-state index in [0.717, 1.165) is 12.8 Å². The molecule has 0 aromatic heterocycles. The minimum absolute atomic E-state index is 0.0347. The first-order valence-corrected chi connectivity index (χ1v) is 9.24. The molecule has 1 aliphatic heterocycles. The Morgan fingerprint density at radius 2 is 2.04 bits per heavy atom. The zero-order valence-corrected chi connectivity index (χ0v) is 15.9. The van der Waals surface area contributed by atoms with Crippen molar-refractivity contribution >= 4 is 29.3 Å². The summed E-state index contributed by atoms with van der Waals surface area (Å²) in [6, 6.07) is 4.98. The molecular weight excluding hydrogens is 364 g/mol. The summed E-state index contributed by atoms with van der Waals surface area (Å²) < 4.78 is 5.69. The van der Waals surface area contributed by atoms with Gasteiger partial charge >= 0.3 is 5.97 Å². The number of nitrogens with zero attached hydrogens (tertiary/aromatic N) is 2. The van der Waals surface area contributed by atoms with Crippen LogP contribution < -0.4 is 15.4 Å². The molecule has 0 spiro atoms. The number of rotatable bonds is 10. The predicted molar refractivity (Wildman–Crippen MR) is 104 cm³/mol. The highest BCUT2D eigenvalue weighted by Gasteiger charge is 2.31. The molecule has 2 rings (SSSR count). The van der Waals surface area contributed by atoms with Gasteiger partial charge in [0.1, 0.15) is 12.3 Å². The van der Waals surface area contributed by atoms with Crippen molar-refractivity contribution in [3.05, 3.63) is 23.8 Å². The Bertz CT molecular complexity index is 765. The monoisotopic (exact) mass is 390 g/mol. The van der Waals surface area contributed by atoms with E-state index >= 15 is 0 Å². The number of nitrogens with one attached hydrogen (secondary N) is 1. The molecular formula is C19H26N4O5. The predicted octanol–water partition coefficient (Wildman–Crippen LogP) is 1.46. The average molecular weight is 390 g/mol. The van der Waals surface area contributed by atoms with E-state index in [9.17, 15) is 14.4 Å². The van der Waals surface area contributed by atoms with E-state index in [1.165, 1.54) is 9.80 Å². The van der Waals surface area contributed by atoms with Gasteiger partial charge in [0.05, 0.1) is 30.1 Å². The van der Waals surface area contributed by atoms with Crippen LogP contribution in [0, 0.1) is 5.41 Å². The number of amides is 2. The molecule has 9 heteroatoms. The second-order valence-corrected chi connectivity index (χ2v) is 6.52. The van der Waals surface area contributed by atoms with Gasteiger partial charge in [0, 0.05) is 19.5 Å².